The Bertz CT molecular complexity index is 1150. The molecule has 3 aromatic rings. The second kappa shape index (κ2) is 8.71. The highest BCUT2D eigenvalue weighted by Gasteiger charge is 2.17. The molecule has 0 radical (unpaired) electrons. The number of hydrogen-bond acceptors (Lipinski definition) is 3. The lowest BCUT2D eigenvalue weighted by Crippen LogP contribution is -2.26. The highest BCUT2D eigenvalue weighted by atomic mass is 32.2. The van der Waals surface area contributed by atoms with E-state index in [-0.39, 0.29) is 10.8 Å². The van der Waals surface area contributed by atoms with Crippen molar-refractivity contribution in [3.8, 4) is 0 Å². The van der Waals surface area contributed by atoms with Gasteiger partial charge in [0.05, 0.1) is 10.6 Å². The first-order chi connectivity index (χ1) is 14.2. The van der Waals surface area contributed by atoms with Crippen LogP contribution in [0.15, 0.2) is 71.6 Å². The maximum Gasteiger partial charge on any atom is 0.261 e. The van der Waals surface area contributed by atoms with Gasteiger partial charge in [-0.05, 0) is 62.2 Å². The summed E-state index contributed by atoms with van der Waals surface area (Å²) in [4.78, 5) is 14.7. The Kier molecular flexibility index (Phi) is 6.27. The Morgan fingerprint density at radius 1 is 0.867 bits per heavy atom. The van der Waals surface area contributed by atoms with Crippen molar-refractivity contribution in [2.24, 2.45) is 0 Å². The van der Waals surface area contributed by atoms with Crippen LogP contribution in [-0.4, -0.2) is 26.3 Å². The molecule has 5 nitrogen and oxygen atoms in total. The average molecular weight is 423 g/mol. The first-order valence-electron chi connectivity index (χ1n) is 9.67. The first kappa shape index (κ1) is 21.6. The summed E-state index contributed by atoms with van der Waals surface area (Å²) in [6.45, 7) is 6.21. The van der Waals surface area contributed by atoms with Gasteiger partial charge in [0.1, 0.15) is 0 Å². The van der Waals surface area contributed by atoms with Crippen LogP contribution in [0.25, 0.3) is 0 Å². The van der Waals surface area contributed by atoms with Crippen molar-refractivity contribution >= 4 is 21.6 Å². The van der Waals surface area contributed by atoms with E-state index in [1.807, 2.05) is 38.1 Å². The van der Waals surface area contributed by atoms with Crippen molar-refractivity contribution in [3.05, 3.63) is 94.5 Å². The number of carbonyl (C=O) groups is 1. The fourth-order valence-electron chi connectivity index (χ4n) is 3.09. The van der Waals surface area contributed by atoms with Crippen molar-refractivity contribution in [3.63, 3.8) is 0 Å². The smallest absolute Gasteiger partial charge is 0.261 e. The van der Waals surface area contributed by atoms with Crippen LogP contribution in [-0.2, 0) is 16.6 Å². The van der Waals surface area contributed by atoms with Gasteiger partial charge in [0, 0.05) is 19.2 Å². The third kappa shape index (κ3) is 5.07. The van der Waals surface area contributed by atoms with Crippen LogP contribution in [0.1, 0.15) is 32.6 Å². The Morgan fingerprint density at radius 2 is 1.43 bits per heavy atom. The summed E-state index contributed by atoms with van der Waals surface area (Å²) in [6.07, 6.45) is 0. The largest absolute Gasteiger partial charge is 0.337 e. The second-order valence-electron chi connectivity index (χ2n) is 7.60. The van der Waals surface area contributed by atoms with Gasteiger partial charge in [-0.1, -0.05) is 47.5 Å². The third-order valence-electron chi connectivity index (χ3n) is 4.94. The van der Waals surface area contributed by atoms with Crippen LogP contribution in [0, 0.1) is 20.8 Å². The van der Waals surface area contributed by atoms with Crippen LogP contribution < -0.4 is 4.72 Å². The molecule has 1 N–H and O–H groups in total. The number of nitrogens with one attached hydrogen (secondary N) is 1. The van der Waals surface area contributed by atoms with E-state index < -0.39 is 10.0 Å². The predicted octanol–water partition coefficient (Wildman–Crippen LogP) is 4.68. The summed E-state index contributed by atoms with van der Waals surface area (Å²) in [6, 6.07) is 19.7. The van der Waals surface area contributed by atoms with Gasteiger partial charge in [-0.25, -0.2) is 8.42 Å². The van der Waals surface area contributed by atoms with Crippen LogP contribution in [0.5, 0.6) is 0 Å². The number of benzene rings is 3. The van der Waals surface area contributed by atoms with Gasteiger partial charge in [0.2, 0.25) is 0 Å². The zero-order valence-electron chi connectivity index (χ0n) is 17.6. The number of hydrogen-bond donors (Lipinski definition) is 1. The zero-order valence-corrected chi connectivity index (χ0v) is 18.5. The summed E-state index contributed by atoms with van der Waals surface area (Å²) in [5.74, 6) is -0.119. The average Bonchev–Trinajstić information content (AvgIpc) is 2.71. The zero-order chi connectivity index (χ0) is 21.9. The number of amides is 1. The standard InChI is InChI=1S/C24H26N2O3S/c1-17-5-9-20(10-6-17)16-26(4)24(27)21-11-14-23(19(3)15-21)25-30(28,29)22-12-7-18(2)8-13-22/h5-15,25H,16H2,1-4H3. The number of nitrogens with zero attached hydrogens (tertiary/aromatic N) is 1. The second-order valence-corrected chi connectivity index (χ2v) is 9.28. The molecule has 30 heavy (non-hydrogen) atoms. The molecule has 0 atom stereocenters. The van der Waals surface area contributed by atoms with Crippen molar-refractivity contribution < 1.29 is 13.2 Å². The number of sulfonamides is 1. The maximum atomic E-state index is 12.8. The Labute approximate surface area is 178 Å². The highest BCUT2D eigenvalue weighted by Crippen LogP contribution is 2.22. The fraction of sp³-hybridized carbons (Fsp3) is 0.208. The number of aryl methyl sites for hydroxylation is 3. The van der Waals surface area contributed by atoms with Gasteiger partial charge in [-0.2, -0.15) is 0 Å². The molecular weight excluding hydrogens is 396 g/mol. The van der Waals surface area contributed by atoms with E-state index in [1.165, 1.54) is 5.56 Å². The van der Waals surface area contributed by atoms with Crippen molar-refractivity contribution in [1.82, 2.24) is 4.90 Å². The van der Waals surface area contributed by atoms with Gasteiger partial charge >= 0.3 is 0 Å². The SMILES string of the molecule is Cc1ccc(CN(C)C(=O)c2ccc(NS(=O)(=O)c3ccc(C)cc3)c(C)c2)cc1. The summed E-state index contributed by atoms with van der Waals surface area (Å²) in [5.41, 5.74) is 4.86. The van der Waals surface area contributed by atoms with Gasteiger partial charge in [0.25, 0.3) is 15.9 Å². The number of rotatable bonds is 6. The minimum Gasteiger partial charge on any atom is -0.337 e. The lowest BCUT2D eigenvalue weighted by atomic mass is 10.1. The topological polar surface area (TPSA) is 66.5 Å². The van der Waals surface area contributed by atoms with Gasteiger partial charge in [-0.15, -0.1) is 0 Å². The van der Waals surface area contributed by atoms with E-state index in [1.54, 1.807) is 61.3 Å². The lowest BCUT2D eigenvalue weighted by Gasteiger charge is -2.18. The predicted molar refractivity (Wildman–Crippen MR) is 120 cm³/mol. The van der Waals surface area contributed by atoms with E-state index in [0.717, 1.165) is 11.1 Å². The van der Waals surface area contributed by atoms with E-state index in [4.69, 9.17) is 0 Å². The molecule has 0 saturated carbocycles. The Hall–Kier alpha value is -3.12. The molecule has 0 unspecified atom stereocenters. The minimum atomic E-state index is -3.69. The summed E-state index contributed by atoms with van der Waals surface area (Å²) >= 11 is 0. The molecule has 0 heterocycles. The summed E-state index contributed by atoms with van der Waals surface area (Å²) in [5, 5.41) is 0. The van der Waals surface area contributed by atoms with Crippen LogP contribution >= 0.6 is 0 Å². The molecule has 0 aliphatic rings. The van der Waals surface area contributed by atoms with Crippen LogP contribution in [0.4, 0.5) is 5.69 Å². The van der Waals surface area contributed by atoms with E-state index >= 15 is 0 Å². The highest BCUT2D eigenvalue weighted by molar-refractivity contribution is 7.92. The fourth-order valence-corrected chi connectivity index (χ4v) is 4.22. The molecule has 3 rings (SSSR count). The monoisotopic (exact) mass is 422 g/mol. The van der Waals surface area contributed by atoms with E-state index in [2.05, 4.69) is 4.72 Å². The third-order valence-corrected chi connectivity index (χ3v) is 6.32. The van der Waals surface area contributed by atoms with Crippen LogP contribution in [0.3, 0.4) is 0 Å². The van der Waals surface area contributed by atoms with Gasteiger partial charge < -0.3 is 4.90 Å². The molecule has 0 bridgehead atoms. The summed E-state index contributed by atoms with van der Waals surface area (Å²) < 4.78 is 27.9. The molecule has 156 valence electrons. The lowest BCUT2D eigenvalue weighted by molar-refractivity contribution is 0.0785. The Morgan fingerprint density at radius 3 is 2.00 bits per heavy atom. The van der Waals surface area contributed by atoms with Crippen molar-refractivity contribution in [2.75, 3.05) is 11.8 Å². The molecule has 0 spiro atoms. The Balaban J connectivity index is 1.74. The van der Waals surface area contributed by atoms with Crippen LogP contribution in [0.2, 0.25) is 0 Å². The maximum absolute atomic E-state index is 12.8. The summed E-state index contributed by atoms with van der Waals surface area (Å²) in [7, 11) is -1.94. The molecule has 6 heteroatoms. The quantitative estimate of drug-likeness (QED) is 0.627. The number of carbonyl (C=O) groups excluding carboxylic acids is 1. The molecule has 0 saturated heterocycles. The van der Waals surface area contributed by atoms with Gasteiger partial charge in [-0.3, -0.25) is 9.52 Å². The van der Waals surface area contributed by atoms with Gasteiger partial charge in [0.15, 0.2) is 0 Å². The van der Waals surface area contributed by atoms with E-state index in [0.29, 0.717) is 23.4 Å². The molecule has 0 fully saturated rings. The minimum absolute atomic E-state index is 0.119. The van der Waals surface area contributed by atoms with Crippen molar-refractivity contribution in [1.29, 1.82) is 0 Å². The molecule has 0 aliphatic heterocycles. The molecule has 0 aliphatic carbocycles. The molecule has 0 aromatic heterocycles. The molecule has 1 amide bonds. The first-order valence-corrected chi connectivity index (χ1v) is 11.2. The normalized spacial score (nSPS) is 11.2. The van der Waals surface area contributed by atoms with Crippen molar-refractivity contribution in [2.45, 2.75) is 32.2 Å². The molecule has 3 aromatic carbocycles. The molecular formula is C24H26N2O3S. The number of anilines is 1. The van der Waals surface area contributed by atoms with E-state index in [9.17, 15) is 13.2 Å².